The van der Waals surface area contributed by atoms with Crippen LogP contribution in [-0.2, 0) is 19.3 Å². The lowest BCUT2D eigenvalue weighted by Crippen LogP contribution is -2.21. The van der Waals surface area contributed by atoms with E-state index in [1.54, 1.807) is 0 Å². The molecule has 3 unspecified atom stereocenters. The minimum Gasteiger partial charge on any atom is -0.384 e. The summed E-state index contributed by atoms with van der Waals surface area (Å²) in [5, 5.41) is 35.5. The maximum atomic E-state index is 15.2. The predicted molar refractivity (Wildman–Crippen MR) is 169 cm³/mol. The van der Waals surface area contributed by atoms with Gasteiger partial charge in [0.1, 0.15) is 35.8 Å². The Balaban J connectivity index is 2.18. The number of benzene rings is 4. The average molecular weight is 771 g/mol. The van der Waals surface area contributed by atoms with Crippen molar-refractivity contribution in [3.63, 3.8) is 0 Å². The Kier molecular flexibility index (Phi) is 10.8. The zero-order valence-corrected chi connectivity index (χ0v) is 27.9. The molecule has 9 heteroatoms. The Morgan fingerprint density at radius 1 is 0.500 bits per heavy atom. The second-order valence-electron chi connectivity index (χ2n) is 9.94. The normalized spacial score (nSPS) is 13.7. The first kappa shape index (κ1) is 32.9. The largest absolute Gasteiger partial charge is 0.384 e. The lowest BCUT2D eigenvalue weighted by molar-refractivity contribution is 0.197. The van der Waals surface area contributed by atoms with Crippen molar-refractivity contribution in [2.45, 2.75) is 58.3 Å². The van der Waals surface area contributed by atoms with Crippen LogP contribution < -0.4 is 0 Å². The first-order valence-electron chi connectivity index (χ1n) is 13.5. The number of hydrogen-bond acceptors (Lipinski definition) is 3. The molecule has 0 saturated heterocycles. The highest BCUT2D eigenvalue weighted by Gasteiger charge is 2.34. The zero-order valence-electron chi connectivity index (χ0n) is 23.2. The summed E-state index contributed by atoms with van der Waals surface area (Å²) in [6.45, 7) is 5.50. The molecule has 0 saturated carbocycles. The summed E-state index contributed by atoms with van der Waals surface area (Å²) in [4.78, 5) is 0. The van der Waals surface area contributed by atoms with Gasteiger partial charge >= 0.3 is 0 Å². The summed E-state index contributed by atoms with van der Waals surface area (Å²) in [6.07, 6.45) is -3.62. The highest BCUT2D eigenvalue weighted by atomic mass is 79.9. The summed E-state index contributed by atoms with van der Waals surface area (Å²) in [5.41, 5.74) is 2.37. The van der Waals surface area contributed by atoms with Crippen LogP contribution in [0.4, 0.5) is 13.2 Å². The molecule has 4 rings (SSSR count). The third kappa shape index (κ3) is 6.28. The molecule has 222 valence electrons. The third-order valence-electron chi connectivity index (χ3n) is 7.59. The highest BCUT2D eigenvalue weighted by Crippen LogP contribution is 2.45. The van der Waals surface area contributed by atoms with E-state index < -0.39 is 35.8 Å². The van der Waals surface area contributed by atoms with Crippen LogP contribution in [0.1, 0.15) is 89.2 Å². The van der Waals surface area contributed by atoms with Gasteiger partial charge in [0, 0.05) is 30.1 Å². The SMILES string of the molecule is CCc1c(C(O)c2cc(Br)ccc2F)c(CC)c(C(O)c2cc(Br)ccc2F)c(CC)c1C(O)c1cc(Br)ccc1F. The van der Waals surface area contributed by atoms with Crippen LogP contribution in [0.3, 0.4) is 0 Å². The minimum absolute atomic E-state index is 0.0128. The second kappa shape index (κ2) is 13.7. The molecular weight excluding hydrogens is 741 g/mol. The van der Waals surface area contributed by atoms with E-state index >= 15 is 13.2 Å². The first-order chi connectivity index (χ1) is 19.9. The van der Waals surface area contributed by atoms with E-state index in [-0.39, 0.29) is 16.7 Å². The molecule has 0 aromatic heterocycles. The van der Waals surface area contributed by atoms with E-state index in [0.717, 1.165) is 0 Å². The Morgan fingerprint density at radius 3 is 0.952 bits per heavy atom. The molecule has 0 aliphatic carbocycles. The van der Waals surface area contributed by atoms with Gasteiger partial charge in [0.05, 0.1) is 0 Å². The maximum Gasteiger partial charge on any atom is 0.129 e. The molecule has 0 aliphatic heterocycles. The number of halogens is 6. The predicted octanol–water partition coefficient (Wildman–Crippen LogP) is 9.32. The van der Waals surface area contributed by atoms with Gasteiger partial charge in [-0.25, -0.2) is 13.2 Å². The molecule has 0 fully saturated rings. The summed E-state index contributed by atoms with van der Waals surface area (Å²) in [7, 11) is 0. The van der Waals surface area contributed by atoms with Crippen LogP contribution >= 0.6 is 47.8 Å². The summed E-state index contributed by atoms with van der Waals surface area (Å²) < 4.78 is 47.2. The van der Waals surface area contributed by atoms with Gasteiger partial charge in [-0.15, -0.1) is 0 Å². The van der Waals surface area contributed by atoms with Crippen LogP contribution in [0, 0.1) is 17.5 Å². The van der Waals surface area contributed by atoms with Crippen molar-refractivity contribution in [1.82, 2.24) is 0 Å². The van der Waals surface area contributed by atoms with E-state index in [1.807, 2.05) is 20.8 Å². The van der Waals surface area contributed by atoms with Crippen molar-refractivity contribution in [1.29, 1.82) is 0 Å². The van der Waals surface area contributed by atoms with Crippen molar-refractivity contribution >= 4 is 47.8 Å². The number of rotatable bonds is 9. The van der Waals surface area contributed by atoms with Crippen LogP contribution in [-0.4, -0.2) is 15.3 Å². The minimum atomic E-state index is -1.50. The van der Waals surface area contributed by atoms with Crippen molar-refractivity contribution < 1.29 is 28.5 Å². The molecular formula is C33H30Br3F3O3. The third-order valence-corrected chi connectivity index (χ3v) is 9.07. The molecule has 0 heterocycles. The fraction of sp³-hybridized carbons (Fsp3) is 0.273. The van der Waals surface area contributed by atoms with Crippen molar-refractivity contribution in [2.75, 3.05) is 0 Å². The Hall–Kier alpha value is -2.01. The lowest BCUT2D eigenvalue weighted by Gasteiger charge is -2.32. The number of aliphatic hydroxyl groups excluding tert-OH is 3. The van der Waals surface area contributed by atoms with E-state index in [9.17, 15) is 15.3 Å². The van der Waals surface area contributed by atoms with E-state index in [2.05, 4.69) is 47.8 Å². The summed E-state index contributed by atoms with van der Waals surface area (Å²) in [6, 6.07) is 12.7. The van der Waals surface area contributed by atoms with Crippen molar-refractivity contribution in [3.05, 3.63) is 136 Å². The molecule has 4 aromatic carbocycles. The second-order valence-corrected chi connectivity index (χ2v) is 12.7. The summed E-state index contributed by atoms with van der Waals surface area (Å²) >= 11 is 10.0. The molecule has 3 N–H and O–H groups in total. The molecule has 0 amide bonds. The molecule has 4 aromatic rings. The fourth-order valence-corrected chi connectivity index (χ4v) is 6.89. The fourth-order valence-electron chi connectivity index (χ4n) is 5.75. The van der Waals surface area contributed by atoms with Crippen molar-refractivity contribution in [3.8, 4) is 0 Å². The van der Waals surface area contributed by atoms with E-state index in [1.165, 1.54) is 54.6 Å². The standard InChI is InChI=1S/C33H30Br3F3O3/c1-4-19-28(31(40)22-13-16(34)7-10-25(22)37)20(5-2)30(33(42)24-15-18(36)9-12-27(24)39)21(6-3)29(19)32(41)23-14-17(35)8-11-26(23)38/h7-15,31-33,40-42H,4-6H2,1-3H3. The number of hydrogen-bond donors (Lipinski definition) is 3. The smallest absolute Gasteiger partial charge is 0.129 e. The summed E-state index contributed by atoms with van der Waals surface area (Å²) in [5.74, 6) is -1.93. The maximum absolute atomic E-state index is 15.2. The molecule has 0 radical (unpaired) electrons. The topological polar surface area (TPSA) is 60.7 Å². The zero-order chi connectivity index (χ0) is 30.9. The Labute approximate surface area is 268 Å². The molecule has 3 nitrogen and oxygen atoms in total. The first-order valence-corrected chi connectivity index (χ1v) is 15.9. The molecule has 0 spiro atoms. The van der Waals surface area contributed by atoms with Gasteiger partial charge in [0.25, 0.3) is 0 Å². The highest BCUT2D eigenvalue weighted by molar-refractivity contribution is 9.11. The lowest BCUT2D eigenvalue weighted by atomic mass is 9.75. The van der Waals surface area contributed by atoms with Gasteiger partial charge in [0.15, 0.2) is 0 Å². The van der Waals surface area contributed by atoms with Crippen LogP contribution in [0.5, 0.6) is 0 Å². The van der Waals surface area contributed by atoms with E-state index in [4.69, 9.17) is 0 Å². The molecule has 0 aliphatic rings. The van der Waals surface area contributed by atoms with Gasteiger partial charge in [-0.1, -0.05) is 68.6 Å². The molecule has 42 heavy (non-hydrogen) atoms. The van der Waals surface area contributed by atoms with Crippen LogP contribution in [0.2, 0.25) is 0 Å². The van der Waals surface area contributed by atoms with Crippen LogP contribution in [0.15, 0.2) is 68.0 Å². The van der Waals surface area contributed by atoms with Gasteiger partial charge in [-0.3, -0.25) is 0 Å². The quantitative estimate of drug-likeness (QED) is 0.159. The number of aliphatic hydroxyl groups is 3. The van der Waals surface area contributed by atoms with E-state index in [0.29, 0.717) is 66.1 Å². The average Bonchev–Trinajstić information content (AvgIpc) is 2.98. The van der Waals surface area contributed by atoms with Gasteiger partial charge in [-0.2, -0.15) is 0 Å². The Bertz CT molecular complexity index is 1420. The molecule has 0 bridgehead atoms. The van der Waals surface area contributed by atoms with Gasteiger partial charge in [0.2, 0.25) is 0 Å². The van der Waals surface area contributed by atoms with Crippen LogP contribution in [0.25, 0.3) is 0 Å². The van der Waals surface area contributed by atoms with Gasteiger partial charge < -0.3 is 15.3 Å². The Morgan fingerprint density at radius 2 is 0.738 bits per heavy atom. The molecule has 3 atom stereocenters. The van der Waals surface area contributed by atoms with Crippen molar-refractivity contribution in [2.24, 2.45) is 0 Å². The van der Waals surface area contributed by atoms with Gasteiger partial charge in [-0.05, 0) is 107 Å². The monoisotopic (exact) mass is 768 g/mol.